The summed E-state index contributed by atoms with van der Waals surface area (Å²) in [6, 6.07) is 21.1. The Morgan fingerprint density at radius 3 is 2.62 bits per heavy atom. The van der Waals surface area contributed by atoms with Crippen LogP contribution in [0.4, 0.5) is 10.1 Å². The lowest BCUT2D eigenvalue weighted by Crippen LogP contribution is -2.14. The van der Waals surface area contributed by atoms with Gasteiger partial charge in [0.2, 0.25) is 0 Å². The number of carbonyl (C=O) groups excluding carboxylic acids is 1. The van der Waals surface area contributed by atoms with Crippen molar-refractivity contribution >= 4 is 22.5 Å². The van der Waals surface area contributed by atoms with Crippen LogP contribution in [0.5, 0.6) is 5.75 Å². The maximum atomic E-state index is 14.0. The zero-order valence-corrected chi connectivity index (χ0v) is 16.1. The van der Waals surface area contributed by atoms with E-state index in [1.807, 2.05) is 49.4 Å². The topological polar surface area (TPSA) is 51.2 Å². The predicted octanol–water partition coefficient (Wildman–Crippen LogP) is 5.61. The molecule has 1 N–H and O–H groups in total. The van der Waals surface area contributed by atoms with Crippen molar-refractivity contribution in [3.63, 3.8) is 0 Å². The summed E-state index contributed by atoms with van der Waals surface area (Å²) in [7, 11) is 1.60. The van der Waals surface area contributed by atoms with Gasteiger partial charge < -0.3 is 10.1 Å². The van der Waals surface area contributed by atoms with Gasteiger partial charge >= 0.3 is 0 Å². The highest BCUT2D eigenvalue weighted by molar-refractivity contribution is 6.13. The van der Waals surface area contributed by atoms with E-state index in [1.165, 1.54) is 12.1 Å². The van der Waals surface area contributed by atoms with Gasteiger partial charge in [0, 0.05) is 10.9 Å². The maximum absolute atomic E-state index is 14.0. The minimum absolute atomic E-state index is 0.137. The van der Waals surface area contributed by atoms with Crippen molar-refractivity contribution in [3.05, 3.63) is 89.7 Å². The van der Waals surface area contributed by atoms with Crippen molar-refractivity contribution in [2.24, 2.45) is 0 Å². The van der Waals surface area contributed by atoms with E-state index in [1.54, 1.807) is 25.3 Å². The second-order valence-electron chi connectivity index (χ2n) is 6.74. The van der Waals surface area contributed by atoms with Crippen molar-refractivity contribution < 1.29 is 13.9 Å². The Balaban J connectivity index is 1.85. The number of fused-ring (bicyclic) bond motifs is 1. The Morgan fingerprint density at radius 1 is 1.00 bits per heavy atom. The SMILES string of the molecule is COc1cccc(-c2cc(C(=O)Nc3ccccc3F)c3cc(C)ccc3n2)c1. The third-order valence-corrected chi connectivity index (χ3v) is 4.70. The average molecular weight is 386 g/mol. The zero-order chi connectivity index (χ0) is 20.4. The van der Waals surface area contributed by atoms with Gasteiger partial charge in [-0.05, 0) is 49.4 Å². The number of carbonyl (C=O) groups is 1. The number of rotatable bonds is 4. The molecule has 4 rings (SSSR count). The number of pyridine rings is 1. The van der Waals surface area contributed by atoms with Gasteiger partial charge in [0.05, 0.1) is 29.6 Å². The lowest BCUT2D eigenvalue weighted by molar-refractivity contribution is 0.102. The Labute approximate surface area is 168 Å². The number of anilines is 1. The molecule has 5 heteroatoms. The van der Waals surface area contributed by atoms with E-state index in [0.29, 0.717) is 27.9 Å². The van der Waals surface area contributed by atoms with Crippen LogP contribution in [0.15, 0.2) is 72.8 Å². The molecule has 0 aliphatic carbocycles. The predicted molar refractivity (Wildman–Crippen MR) is 113 cm³/mol. The molecule has 1 amide bonds. The molecule has 0 saturated carbocycles. The molecular formula is C24H19FN2O2. The van der Waals surface area contributed by atoms with Crippen LogP contribution in [0, 0.1) is 12.7 Å². The summed E-state index contributed by atoms with van der Waals surface area (Å²) < 4.78 is 19.3. The standard InChI is InChI=1S/C24H19FN2O2/c1-15-10-11-21-18(12-15)19(24(28)27-22-9-4-3-8-20(22)25)14-23(26-21)16-6-5-7-17(13-16)29-2/h3-14H,1-2H3,(H,27,28). The van der Waals surface area contributed by atoms with Crippen LogP contribution in [0.1, 0.15) is 15.9 Å². The van der Waals surface area contributed by atoms with Crippen LogP contribution < -0.4 is 10.1 Å². The third kappa shape index (κ3) is 3.80. The summed E-state index contributed by atoms with van der Waals surface area (Å²) in [5, 5.41) is 3.39. The molecule has 0 saturated heterocycles. The molecule has 0 spiro atoms. The molecule has 0 radical (unpaired) electrons. The highest BCUT2D eigenvalue weighted by atomic mass is 19.1. The highest BCUT2D eigenvalue weighted by Gasteiger charge is 2.16. The molecular weight excluding hydrogens is 367 g/mol. The second-order valence-corrected chi connectivity index (χ2v) is 6.74. The number of halogens is 1. The lowest BCUT2D eigenvalue weighted by atomic mass is 10.0. The number of hydrogen-bond donors (Lipinski definition) is 1. The molecule has 4 nitrogen and oxygen atoms in total. The number of para-hydroxylation sites is 1. The summed E-state index contributed by atoms with van der Waals surface area (Å²) in [4.78, 5) is 17.8. The molecule has 144 valence electrons. The Kier molecular flexibility index (Phi) is 4.96. The zero-order valence-electron chi connectivity index (χ0n) is 16.1. The molecule has 0 unspecified atom stereocenters. The summed E-state index contributed by atoms with van der Waals surface area (Å²) >= 11 is 0. The Morgan fingerprint density at radius 2 is 1.83 bits per heavy atom. The van der Waals surface area contributed by atoms with Gasteiger partial charge in [-0.2, -0.15) is 0 Å². The fourth-order valence-corrected chi connectivity index (χ4v) is 3.21. The van der Waals surface area contributed by atoms with Crippen LogP contribution in [-0.2, 0) is 0 Å². The summed E-state index contributed by atoms with van der Waals surface area (Å²) in [6.45, 7) is 1.95. The minimum Gasteiger partial charge on any atom is -0.497 e. The van der Waals surface area contributed by atoms with Crippen molar-refractivity contribution in [1.82, 2.24) is 4.98 Å². The summed E-state index contributed by atoms with van der Waals surface area (Å²) in [5.74, 6) is -0.175. The van der Waals surface area contributed by atoms with Crippen molar-refractivity contribution in [2.75, 3.05) is 12.4 Å². The monoisotopic (exact) mass is 386 g/mol. The quantitative estimate of drug-likeness (QED) is 0.496. The number of aromatic nitrogens is 1. The molecule has 0 aliphatic rings. The molecule has 0 atom stereocenters. The first-order valence-corrected chi connectivity index (χ1v) is 9.17. The molecule has 29 heavy (non-hydrogen) atoms. The second kappa shape index (κ2) is 7.72. The van der Waals surface area contributed by atoms with E-state index in [9.17, 15) is 9.18 Å². The number of amides is 1. The van der Waals surface area contributed by atoms with E-state index in [-0.39, 0.29) is 5.69 Å². The van der Waals surface area contributed by atoms with E-state index in [0.717, 1.165) is 11.1 Å². The Bertz CT molecular complexity index is 1220. The van der Waals surface area contributed by atoms with Crippen LogP contribution >= 0.6 is 0 Å². The number of aryl methyl sites for hydroxylation is 1. The van der Waals surface area contributed by atoms with E-state index in [2.05, 4.69) is 5.32 Å². The molecule has 3 aromatic carbocycles. The van der Waals surface area contributed by atoms with E-state index in [4.69, 9.17) is 9.72 Å². The number of hydrogen-bond acceptors (Lipinski definition) is 3. The smallest absolute Gasteiger partial charge is 0.256 e. The highest BCUT2D eigenvalue weighted by Crippen LogP contribution is 2.28. The van der Waals surface area contributed by atoms with Crippen molar-refractivity contribution in [3.8, 4) is 17.0 Å². The first-order chi connectivity index (χ1) is 14.0. The molecule has 1 heterocycles. The number of nitrogens with one attached hydrogen (secondary N) is 1. The molecule has 4 aromatic rings. The van der Waals surface area contributed by atoms with Crippen molar-refractivity contribution in [2.45, 2.75) is 6.92 Å². The lowest BCUT2D eigenvalue weighted by Gasteiger charge is -2.12. The van der Waals surface area contributed by atoms with Gasteiger partial charge in [0.25, 0.3) is 5.91 Å². The van der Waals surface area contributed by atoms with Crippen molar-refractivity contribution in [1.29, 1.82) is 0 Å². The molecule has 0 aliphatic heterocycles. The van der Waals surface area contributed by atoms with E-state index < -0.39 is 11.7 Å². The Hall–Kier alpha value is -3.73. The van der Waals surface area contributed by atoms with Gasteiger partial charge in [-0.15, -0.1) is 0 Å². The third-order valence-electron chi connectivity index (χ3n) is 4.70. The first kappa shape index (κ1) is 18.6. The molecule has 0 bridgehead atoms. The van der Waals surface area contributed by atoms with Crippen LogP contribution in [0.3, 0.4) is 0 Å². The number of benzene rings is 3. The number of nitrogens with zero attached hydrogens (tertiary/aromatic N) is 1. The number of ether oxygens (including phenoxy) is 1. The van der Waals surface area contributed by atoms with Gasteiger partial charge in [-0.3, -0.25) is 4.79 Å². The minimum atomic E-state index is -0.483. The van der Waals surface area contributed by atoms with Crippen LogP contribution in [0.2, 0.25) is 0 Å². The average Bonchev–Trinajstić information content (AvgIpc) is 2.74. The largest absolute Gasteiger partial charge is 0.497 e. The number of methoxy groups -OCH3 is 1. The van der Waals surface area contributed by atoms with Crippen LogP contribution in [-0.4, -0.2) is 18.0 Å². The molecule has 1 aromatic heterocycles. The van der Waals surface area contributed by atoms with E-state index >= 15 is 0 Å². The van der Waals surface area contributed by atoms with Gasteiger partial charge in [0.15, 0.2) is 0 Å². The fourth-order valence-electron chi connectivity index (χ4n) is 3.21. The summed E-state index contributed by atoms with van der Waals surface area (Å²) in [6.07, 6.45) is 0. The van der Waals surface area contributed by atoms with Crippen LogP contribution in [0.25, 0.3) is 22.2 Å². The summed E-state index contributed by atoms with van der Waals surface area (Å²) in [5.41, 5.74) is 3.73. The fraction of sp³-hybridized carbons (Fsp3) is 0.0833. The normalized spacial score (nSPS) is 10.7. The first-order valence-electron chi connectivity index (χ1n) is 9.17. The van der Waals surface area contributed by atoms with Gasteiger partial charge in [-0.25, -0.2) is 9.37 Å². The molecule has 0 fully saturated rings. The van der Waals surface area contributed by atoms with Gasteiger partial charge in [-0.1, -0.05) is 35.9 Å². The maximum Gasteiger partial charge on any atom is 0.256 e. The van der Waals surface area contributed by atoms with Gasteiger partial charge in [0.1, 0.15) is 11.6 Å².